The van der Waals surface area contributed by atoms with E-state index in [0.29, 0.717) is 12.4 Å². The molecular formula is C14H18N2O2. The van der Waals surface area contributed by atoms with Crippen molar-refractivity contribution in [2.24, 2.45) is 0 Å². The lowest BCUT2D eigenvalue weighted by atomic mass is 9.90. The third-order valence-corrected chi connectivity index (χ3v) is 2.55. The molecule has 1 N–H and O–H groups in total. The van der Waals surface area contributed by atoms with Gasteiger partial charge in [-0.3, -0.25) is 0 Å². The van der Waals surface area contributed by atoms with E-state index in [4.69, 9.17) is 11.5 Å². The molecule has 0 spiro atoms. The largest absolute Gasteiger partial charge is 0.478 e. The molecule has 1 aromatic rings. The highest BCUT2D eigenvalue weighted by Gasteiger charge is 2.19. The fraction of sp³-hybridized carbons (Fsp3) is 0.429. The van der Waals surface area contributed by atoms with E-state index in [9.17, 15) is 4.79 Å². The van der Waals surface area contributed by atoms with Crippen molar-refractivity contribution in [2.45, 2.75) is 26.2 Å². The molecule has 0 aromatic carbocycles. The molecule has 0 aliphatic rings. The minimum absolute atomic E-state index is 0.211. The predicted molar refractivity (Wildman–Crippen MR) is 72.0 cm³/mol. The van der Waals surface area contributed by atoms with E-state index in [0.717, 1.165) is 5.69 Å². The predicted octanol–water partition coefficient (Wildman–Crippen LogP) is 2.15. The Balaban J connectivity index is 3.32. The summed E-state index contributed by atoms with van der Waals surface area (Å²) in [5.74, 6) is 2.13. The van der Waals surface area contributed by atoms with Crippen LogP contribution >= 0.6 is 0 Å². The second-order valence-corrected chi connectivity index (χ2v) is 5.21. The smallest absolute Gasteiger partial charge is 0.335 e. The Hall–Kier alpha value is -2.02. The normalized spacial score (nSPS) is 10.8. The Kier molecular flexibility index (Phi) is 3.97. The summed E-state index contributed by atoms with van der Waals surface area (Å²) in [7, 11) is 1.79. The van der Waals surface area contributed by atoms with Gasteiger partial charge in [0.1, 0.15) is 5.82 Å². The van der Waals surface area contributed by atoms with Crippen LogP contribution in [0.5, 0.6) is 0 Å². The first kappa shape index (κ1) is 14.0. The van der Waals surface area contributed by atoms with Crippen molar-refractivity contribution in [1.29, 1.82) is 0 Å². The van der Waals surface area contributed by atoms with Crippen LogP contribution in [0.1, 0.15) is 36.8 Å². The summed E-state index contributed by atoms with van der Waals surface area (Å²) in [5, 5.41) is 9.12. The van der Waals surface area contributed by atoms with Crippen LogP contribution in [0.2, 0.25) is 0 Å². The Morgan fingerprint density at radius 1 is 1.50 bits per heavy atom. The minimum atomic E-state index is -0.960. The van der Waals surface area contributed by atoms with Gasteiger partial charge >= 0.3 is 5.97 Å². The maximum absolute atomic E-state index is 11.1. The van der Waals surface area contributed by atoms with Crippen LogP contribution in [0.3, 0.4) is 0 Å². The highest BCUT2D eigenvalue weighted by Crippen LogP contribution is 2.24. The SMILES string of the molecule is C#CCN(C)c1cc(C(=O)O)cc(C(C)(C)C)n1. The topological polar surface area (TPSA) is 53.4 Å². The Morgan fingerprint density at radius 3 is 2.56 bits per heavy atom. The number of terminal acetylenes is 1. The van der Waals surface area contributed by atoms with Crippen LogP contribution < -0.4 is 4.90 Å². The van der Waals surface area contributed by atoms with E-state index in [-0.39, 0.29) is 11.0 Å². The number of carboxylic acids is 1. The zero-order valence-electron chi connectivity index (χ0n) is 11.2. The van der Waals surface area contributed by atoms with Crippen molar-refractivity contribution in [2.75, 3.05) is 18.5 Å². The standard InChI is InChI=1S/C14H18N2O2/c1-6-7-16(5)12-9-10(13(17)18)8-11(15-12)14(2,3)4/h1,8-9H,7H2,2-5H3,(H,17,18). The molecule has 0 aliphatic carbocycles. The van der Waals surface area contributed by atoms with Crippen LogP contribution in [0.25, 0.3) is 0 Å². The molecule has 0 radical (unpaired) electrons. The second-order valence-electron chi connectivity index (χ2n) is 5.21. The zero-order chi connectivity index (χ0) is 13.9. The molecule has 4 nitrogen and oxygen atoms in total. The van der Waals surface area contributed by atoms with Crippen LogP contribution in [0.15, 0.2) is 12.1 Å². The maximum Gasteiger partial charge on any atom is 0.335 e. The fourth-order valence-corrected chi connectivity index (χ4v) is 1.44. The molecule has 18 heavy (non-hydrogen) atoms. The van der Waals surface area contributed by atoms with E-state index in [2.05, 4.69) is 10.9 Å². The van der Waals surface area contributed by atoms with Crippen molar-refractivity contribution < 1.29 is 9.90 Å². The maximum atomic E-state index is 11.1. The molecule has 0 atom stereocenters. The number of carbonyl (C=O) groups is 1. The molecule has 0 bridgehead atoms. The lowest BCUT2D eigenvalue weighted by Crippen LogP contribution is -2.22. The summed E-state index contributed by atoms with van der Waals surface area (Å²) >= 11 is 0. The summed E-state index contributed by atoms with van der Waals surface area (Å²) in [6.07, 6.45) is 5.25. The van der Waals surface area contributed by atoms with Crippen molar-refractivity contribution in [1.82, 2.24) is 4.98 Å². The Morgan fingerprint density at radius 2 is 2.11 bits per heavy atom. The summed E-state index contributed by atoms with van der Waals surface area (Å²) in [4.78, 5) is 17.4. The van der Waals surface area contributed by atoms with Gasteiger partial charge in [-0.25, -0.2) is 9.78 Å². The third-order valence-electron chi connectivity index (χ3n) is 2.55. The third kappa shape index (κ3) is 3.24. The summed E-state index contributed by atoms with van der Waals surface area (Å²) in [6.45, 7) is 6.36. The lowest BCUT2D eigenvalue weighted by molar-refractivity contribution is 0.0696. The average molecular weight is 246 g/mol. The van der Waals surface area contributed by atoms with Gasteiger partial charge in [0.2, 0.25) is 0 Å². The number of hydrogen-bond donors (Lipinski definition) is 1. The molecule has 96 valence electrons. The number of anilines is 1. The lowest BCUT2D eigenvalue weighted by Gasteiger charge is -2.22. The Bertz CT molecular complexity index is 495. The van der Waals surface area contributed by atoms with Gasteiger partial charge in [-0.05, 0) is 12.1 Å². The number of pyridine rings is 1. The molecular weight excluding hydrogens is 228 g/mol. The van der Waals surface area contributed by atoms with Gasteiger partial charge in [0, 0.05) is 18.2 Å². The molecule has 1 rings (SSSR count). The van der Waals surface area contributed by atoms with Gasteiger partial charge in [0.25, 0.3) is 0 Å². The van der Waals surface area contributed by atoms with Crippen molar-refractivity contribution in [3.63, 3.8) is 0 Å². The highest BCUT2D eigenvalue weighted by atomic mass is 16.4. The number of hydrogen-bond acceptors (Lipinski definition) is 3. The number of carboxylic acid groups (broad SMARTS) is 1. The quantitative estimate of drug-likeness (QED) is 0.830. The van der Waals surface area contributed by atoms with Crippen LogP contribution in [-0.4, -0.2) is 29.7 Å². The molecule has 0 aliphatic heterocycles. The van der Waals surface area contributed by atoms with Crippen LogP contribution in [-0.2, 0) is 5.41 Å². The number of nitrogens with zero attached hydrogens (tertiary/aromatic N) is 2. The van der Waals surface area contributed by atoms with Gasteiger partial charge in [0.15, 0.2) is 0 Å². The average Bonchev–Trinajstić information content (AvgIpc) is 2.27. The van der Waals surface area contributed by atoms with E-state index < -0.39 is 5.97 Å². The van der Waals surface area contributed by atoms with Gasteiger partial charge in [-0.2, -0.15) is 0 Å². The molecule has 0 saturated heterocycles. The Labute approximate surface area is 108 Å². The second kappa shape index (κ2) is 5.09. The van der Waals surface area contributed by atoms with Crippen molar-refractivity contribution in [3.8, 4) is 12.3 Å². The summed E-state index contributed by atoms with van der Waals surface area (Å²) < 4.78 is 0. The molecule has 1 aromatic heterocycles. The van der Waals surface area contributed by atoms with E-state index in [1.165, 1.54) is 6.07 Å². The van der Waals surface area contributed by atoms with E-state index >= 15 is 0 Å². The molecule has 0 saturated carbocycles. The molecule has 0 amide bonds. The first-order chi connectivity index (χ1) is 8.25. The first-order valence-corrected chi connectivity index (χ1v) is 5.66. The minimum Gasteiger partial charge on any atom is -0.478 e. The fourth-order valence-electron chi connectivity index (χ4n) is 1.44. The highest BCUT2D eigenvalue weighted by molar-refractivity contribution is 5.88. The summed E-state index contributed by atoms with van der Waals surface area (Å²) in [5.41, 5.74) is 0.757. The van der Waals surface area contributed by atoms with Gasteiger partial charge in [-0.15, -0.1) is 6.42 Å². The monoisotopic (exact) mass is 246 g/mol. The number of rotatable bonds is 3. The van der Waals surface area contributed by atoms with E-state index in [1.807, 2.05) is 20.8 Å². The number of aromatic nitrogens is 1. The van der Waals surface area contributed by atoms with E-state index in [1.54, 1.807) is 18.0 Å². The van der Waals surface area contributed by atoms with Gasteiger partial charge in [-0.1, -0.05) is 26.7 Å². The van der Waals surface area contributed by atoms with Crippen molar-refractivity contribution in [3.05, 3.63) is 23.4 Å². The van der Waals surface area contributed by atoms with Crippen molar-refractivity contribution >= 4 is 11.8 Å². The van der Waals surface area contributed by atoms with Gasteiger partial charge < -0.3 is 10.0 Å². The zero-order valence-corrected chi connectivity index (χ0v) is 11.2. The first-order valence-electron chi connectivity index (χ1n) is 5.66. The van der Waals surface area contributed by atoms with Crippen LogP contribution in [0, 0.1) is 12.3 Å². The number of aromatic carboxylic acids is 1. The van der Waals surface area contributed by atoms with Gasteiger partial charge in [0.05, 0.1) is 12.1 Å². The summed E-state index contributed by atoms with van der Waals surface area (Å²) in [6, 6.07) is 3.14. The molecule has 4 heteroatoms. The molecule has 1 heterocycles. The van der Waals surface area contributed by atoms with Crippen LogP contribution in [0.4, 0.5) is 5.82 Å². The molecule has 0 unspecified atom stereocenters. The molecule has 0 fully saturated rings.